The van der Waals surface area contributed by atoms with Crippen LogP contribution >= 0.6 is 12.4 Å². The number of hydrogen-bond donors (Lipinski definition) is 2. The summed E-state index contributed by atoms with van der Waals surface area (Å²) < 4.78 is 20.6. The molecule has 1 aliphatic heterocycles. The van der Waals surface area contributed by atoms with Crippen molar-refractivity contribution in [2.24, 2.45) is 0 Å². The molecule has 1 heterocycles. The van der Waals surface area contributed by atoms with Crippen LogP contribution in [0.1, 0.15) is 16.8 Å². The van der Waals surface area contributed by atoms with E-state index in [9.17, 15) is 9.59 Å². The number of nitrogens with one attached hydrogen (secondary N) is 2. The van der Waals surface area contributed by atoms with E-state index >= 15 is 0 Å². The van der Waals surface area contributed by atoms with E-state index in [1.54, 1.807) is 0 Å². The van der Waals surface area contributed by atoms with E-state index in [0.29, 0.717) is 36.9 Å². The Balaban J connectivity index is 0.00000312. The van der Waals surface area contributed by atoms with Crippen molar-refractivity contribution < 1.29 is 28.5 Å². The third-order valence-corrected chi connectivity index (χ3v) is 3.60. The lowest BCUT2D eigenvalue weighted by molar-refractivity contribution is -0.117. The summed E-state index contributed by atoms with van der Waals surface area (Å²) in [5.41, 5.74) is 0.601. The lowest BCUT2D eigenvalue weighted by atomic mass is 10.1. The molecule has 1 fully saturated rings. The van der Waals surface area contributed by atoms with Crippen molar-refractivity contribution in [3.8, 4) is 11.5 Å². The van der Waals surface area contributed by atoms with Crippen LogP contribution < -0.4 is 20.1 Å². The van der Waals surface area contributed by atoms with Crippen molar-refractivity contribution in [1.82, 2.24) is 5.32 Å². The third-order valence-electron chi connectivity index (χ3n) is 3.60. The fourth-order valence-corrected chi connectivity index (χ4v) is 2.47. The molecule has 1 saturated heterocycles. The van der Waals surface area contributed by atoms with Crippen LogP contribution in [0, 0.1) is 0 Å². The Hall–Kier alpha value is -2.03. The van der Waals surface area contributed by atoms with E-state index in [4.69, 9.17) is 18.9 Å². The van der Waals surface area contributed by atoms with Gasteiger partial charge in [-0.25, -0.2) is 4.79 Å². The number of halogens is 1. The number of hydrogen-bond acceptors (Lipinski definition) is 7. The first kappa shape index (κ1) is 21.0. The highest BCUT2D eigenvalue weighted by Gasteiger charge is 2.21. The lowest BCUT2D eigenvalue weighted by Gasteiger charge is -2.23. The number of benzene rings is 1. The minimum atomic E-state index is -0.534. The maximum absolute atomic E-state index is 12.3. The van der Waals surface area contributed by atoms with Crippen LogP contribution in [0.2, 0.25) is 0 Å². The molecule has 2 N–H and O–H groups in total. The Kier molecular flexibility index (Phi) is 8.47. The zero-order valence-corrected chi connectivity index (χ0v) is 15.2. The highest BCUT2D eigenvalue weighted by atomic mass is 35.5. The molecule has 0 aliphatic carbocycles. The molecule has 1 atom stereocenters. The molecular formula is C16H23ClN2O6. The molecule has 0 spiro atoms. The average Bonchev–Trinajstić information content (AvgIpc) is 2.60. The second-order valence-electron chi connectivity index (χ2n) is 5.23. The van der Waals surface area contributed by atoms with Crippen LogP contribution in [-0.2, 0) is 14.3 Å². The standard InChI is InChI=1S/C16H22N2O6.ClH/c1-21-13-7-10(16(20)23-3)6-12(15(13)22-2)18-14(19)8-11-9-24-5-4-17-11;/h6-7,11,17H,4-5,8-9H2,1-3H3,(H,18,19);1H. The molecule has 1 amide bonds. The van der Waals surface area contributed by atoms with Crippen molar-refractivity contribution in [2.45, 2.75) is 12.5 Å². The molecule has 140 valence electrons. The second kappa shape index (κ2) is 10.1. The van der Waals surface area contributed by atoms with Gasteiger partial charge >= 0.3 is 5.97 Å². The summed E-state index contributed by atoms with van der Waals surface area (Å²) in [4.78, 5) is 24.1. The maximum Gasteiger partial charge on any atom is 0.338 e. The number of anilines is 1. The molecule has 0 radical (unpaired) electrons. The van der Waals surface area contributed by atoms with Crippen LogP contribution in [0.15, 0.2) is 12.1 Å². The van der Waals surface area contributed by atoms with Crippen molar-refractivity contribution >= 4 is 30.0 Å². The van der Waals surface area contributed by atoms with Gasteiger partial charge in [0.2, 0.25) is 5.91 Å². The molecule has 8 nitrogen and oxygen atoms in total. The molecule has 1 aromatic rings. The van der Waals surface area contributed by atoms with Crippen LogP contribution in [0.5, 0.6) is 11.5 Å². The van der Waals surface area contributed by atoms with Gasteiger partial charge in [0, 0.05) is 19.0 Å². The van der Waals surface area contributed by atoms with Crippen LogP contribution in [-0.4, -0.2) is 59.0 Å². The van der Waals surface area contributed by atoms with Crippen molar-refractivity contribution in [3.05, 3.63) is 17.7 Å². The van der Waals surface area contributed by atoms with Crippen LogP contribution in [0.25, 0.3) is 0 Å². The Morgan fingerprint density at radius 1 is 1.28 bits per heavy atom. The quantitative estimate of drug-likeness (QED) is 0.723. The molecule has 0 aromatic heterocycles. The second-order valence-corrected chi connectivity index (χ2v) is 5.23. The summed E-state index contributed by atoms with van der Waals surface area (Å²) >= 11 is 0. The summed E-state index contributed by atoms with van der Waals surface area (Å²) in [7, 11) is 4.20. The predicted molar refractivity (Wildman–Crippen MR) is 94.0 cm³/mol. The lowest BCUT2D eigenvalue weighted by Crippen LogP contribution is -2.43. The fourth-order valence-electron chi connectivity index (χ4n) is 2.47. The SMILES string of the molecule is COC(=O)c1cc(NC(=O)CC2COCCN2)c(OC)c(OC)c1.Cl. The van der Waals surface area contributed by atoms with E-state index in [-0.39, 0.29) is 36.3 Å². The zero-order valence-electron chi connectivity index (χ0n) is 14.4. The molecule has 1 unspecified atom stereocenters. The van der Waals surface area contributed by atoms with Gasteiger partial charge in [0.25, 0.3) is 0 Å². The first-order chi connectivity index (χ1) is 11.6. The van der Waals surface area contributed by atoms with Crippen molar-refractivity contribution in [1.29, 1.82) is 0 Å². The first-order valence-corrected chi connectivity index (χ1v) is 7.54. The highest BCUT2D eigenvalue weighted by Crippen LogP contribution is 2.37. The van der Waals surface area contributed by atoms with E-state index in [0.717, 1.165) is 0 Å². The highest BCUT2D eigenvalue weighted by molar-refractivity contribution is 5.97. The number of ether oxygens (including phenoxy) is 4. The van der Waals surface area contributed by atoms with Crippen molar-refractivity contribution in [2.75, 3.05) is 46.4 Å². The number of esters is 1. The third kappa shape index (κ3) is 5.48. The fraction of sp³-hybridized carbons (Fsp3) is 0.500. The monoisotopic (exact) mass is 374 g/mol. The molecular weight excluding hydrogens is 352 g/mol. The normalized spacial score (nSPS) is 16.4. The summed E-state index contributed by atoms with van der Waals surface area (Å²) in [6, 6.07) is 2.95. The molecule has 2 rings (SSSR count). The maximum atomic E-state index is 12.3. The minimum absolute atomic E-state index is 0. The number of methoxy groups -OCH3 is 3. The number of carbonyl (C=O) groups excluding carboxylic acids is 2. The van der Waals surface area contributed by atoms with Crippen molar-refractivity contribution in [3.63, 3.8) is 0 Å². The molecule has 1 aliphatic rings. The van der Waals surface area contributed by atoms with E-state index < -0.39 is 5.97 Å². The van der Waals surface area contributed by atoms with Gasteiger partial charge < -0.3 is 29.6 Å². The number of morpholine rings is 1. The number of amides is 1. The van der Waals surface area contributed by atoms with E-state index in [1.807, 2.05) is 0 Å². The predicted octanol–water partition coefficient (Wildman–Crippen LogP) is 1.23. The van der Waals surface area contributed by atoms with Gasteiger partial charge in [0.1, 0.15) is 0 Å². The summed E-state index contributed by atoms with van der Waals surface area (Å²) in [6.07, 6.45) is 0.244. The molecule has 0 saturated carbocycles. The van der Waals surface area contributed by atoms with E-state index in [1.165, 1.54) is 33.5 Å². The van der Waals surface area contributed by atoms with Crippen LogP contribution in [0.4, 0.5) is 5.69 Å². The Bertz CT molecular complexity index is 605. The Morgan fingerprint density at radius 2 is 2.04 bits per heavy atom. The summed E-state index contributed by atoms with van der Waals surface area (Å²) in [6.45, 7) is 1.84. The van der Waals surface area contributed by atoms with Gasteiger partial charge in [-0.3, -0.25) is 4.79 Å². The van der Waals surface area contributed by atoms with Gasteiger partial charge in [-0.15, -0.1) is 12.4 Å². The Labute approximate surface area is 152 Å². The summed E-state index contributed by atoms with van der Waals surface area (Å²) in [5, 5.41) is 5.97. The van der Waals surface area contributed by atoms with Gasteiger partial charge in [-0.1, -0.05) is 0 Å². The molecule has 1 aromatic carbocycles. The van der Waals surface area contributed by atoms with Gasteiger partial charge in [0.05, 0.1) is 45.8 Å². The summed E-state index contributed by atoms with van der Waals surface area (Å²) in [5.74, 6) is -0.0876. The topological polar surface area (TPSA) is 95.1 Å². The number of rotatable bonds is 6. The largest absolute Gasteiger partial charge is 0.493 e. The Morgan fingerprint density at radius 3 is 2.60 bits per heavy atom. The molecule has 9 heteroatoms. The van der Waals surface area contributed by atoms with Crippen LogP contribution in [0.3, 0.4) is 0 Å². The number of carbonyl (C=O) groups is 2. The van der Waals surface area contributed by atoms with Gasteiger partial charge in [0.15, 0.2) is 11.5 Å². The molecule has 25 heavy (non-hydrogen) atoms. The molecule has 0 bridgehead atoms. The van der Waals surface area contributed by atoms with Gasteiger partial charge in [-0.2, -0.15) is 0 Å². The van der Waals surface area contributed by atoms with Gasteiger partial charge in [-0.05, 0) is 12.1 Å². The zero-order chi connectivity index (χ0) is 17.5. The minimum Gasteiger partial charge on any atom is -0.493 e. The smallest absolute Gasteiger partial charge is 0.338 e. The average molecular weight is 375 g/mol. The van der Waals surface area contributed by atoms with E-state index in [2.05, 4.69) is 10.6 Å². The first-order valence-electron chi connectivity index (χ1n) is 7.54.